The van der Waals surface area contributed by atoms with Crippen LogP contribution in [0.5, 0.6) is 0 Å². The topological polar surface area (TPSA) is 81.1 Å². The van der Waals surface area contributed by atoms with E-state index in [1.165, 1.54) is 10.9 Å². The summed E-state index contributed by atoms with van der Waals surface area (Å²) in [6.07, 6.45) is 1.45. The van der Waals surface area contributed by atoms with Crippen LogP contribution >= 0.6 is 12.2 Å². The number of rotatable bonds is 5. The van der Waals surface area contributed by atoms with Gasteiger partial charge in [-0.05, 0) is 49.5 Å². The Kier molecular flexibility index (Phi) is 5.67. The third-order valence-corrected chi connectivity index (χ3v) is 4.53. The molecule has 30 heavy (non-hydrogen) atoms. The zero-order valence-electron chi connectivity index (χ0n) is 16.2. The Bertz CT molecular complexity index is 1210. The van der Waals surface area contributed by atoms with E-state index in [0.29, 0.717) is 16.7 Å². The summed E-state index contributed by atoms with van der Waals surface area (Å²) in [5, 5.41) is 11.9. The Balaban J connectivity index is 1.71. The van der Waals surface area contributed by atoms with Crippen molar-refractivity contribution in [1.29, 1.82) is 0 Å². The number of carbonyl (C=O) groups excluding carboxylic acids is 1. The summed E-state index contributed by atoms with van der Waals surface area (Å²) < 4.78 is 6.71. The Hall–Kier alpha value is -3.78. The molecule has 0 aliphatic rings. The van der Waals surface area contributed by atoms with Crippen LogP contribution in [0.4, 0.5) is 11.5 Å². The van der Waals surface area contributed by atoms with Crippen LogP contribution in [0.25, 0.3) is 16.7 Å². The standard InChI is InChI=1S/C22H19N5O2S/c1-2-29-21(28)17-14-23-27(19-13-12-15-8-6-7-11-18(15)25-19)20(17)26-22(30)24-16-9-4-3-5-10-16/h3-14H,2H2,1H3,(H2,24,26,30). The highest BCUT2D eigenvalue weighted by molar-refractivity contribution is 7.80. The normalized spacial score (nSPS) is 10.6. The fraction of sp³-hybridized carbons (Fsp3) is 0.0909. The van der Waals surface area contributed by atoms with Crippen molar-refractivity contribution in [2.45, 2.75) is 6.92 Å². The van der Waals surface area contributed by atoms with Gasteiger partial charge in [-0.25, -0.2) is 9.78 Å². The maximum Gasteiger partial charge on any atom is 0.343 e. The molecule has 0 atom stereocenters. The van der Waals surface area contributed by atoms with Gasteiger partial charge in [0.2, 0.25) is 0 Å². The van der Waals surface area contributed by atoms with Crippen molar-refractivity contribution in [2.75, 3.05) is 17.2 Å². The Labute approximate surface area is 178 Å². The van der Waals surface area contributed by atoms with Gasteiger partial charge in [0.05, 0.1) is 18.3 Å². The maximum atomic E-state index is 12.5. The molecule has 0 saturated heterocycles. The number of aromatic nitrogens is 3. The van der Waals surface area contributed by atoms with E-state index in [9.17, 15) is 4.79 Å². The van der Waals surface area contributed by atoms with E-state index in [-0.39, 0.29) is 12.2 Å². The second kappa shape index (κ2) is 8.71. The first kappa shape index (κ1) is 19.5. The molecule has 0 aliphatic heterocycles. The summed E-state index contributed by atoms with van der Waals surface area (Å²) in [6.45, 7) is 2.01. The van der Waals surface area contributed by atoms with E-state index >= 15 is 0 Å². The van der Waals surface area contributed by atoms with Crippen LogP contribution in [-0.2, 0) is 4.74 Å². The van der Waals surface area contributed by atoms with Crippen molar-refractivity contribution in [1.82, 2.24) is 14.8 Å². The zero-order chi connectivity index (χ0) is 20.9. The second-order valence-corrected chi connectivity index (χ2v) is 6.75. The molecule has 2 N–H and O–H groups in total. The average molecular weight is 417 g/mol. The number of benzene rings is 2. The number of carbonyl (C=O) groups is 1. The van der Waals surface area contributed by atoms with Gasteiger partial charge in [-0.1, -0.05) is 36.4 Å². The third-order valence-electron chi connectivity index (χ3n) is 4.33. The predicted molar refractivity (Wildman–Crippen MR) is 121 cm³/mol. The van der Waals surface area contributed by atoms with Gasteiger partial charge in [0.15, 0.2) is 16.7 Å². The molecule has 0 bridgehead atoms. The molecule has 0 fully saturated rings. The smallest absolute Gasteiger partial charge is 0.343 e. The molecule has 0 spiro atoms. The largest absolute Gasteiger partial charge is 0.462 e. The molecule has 7 nitrogen and oxygen atoms in total. The third kappa shape index (κ3) is 4.13. The first-order valence-corrected chi connectivity index (χ1v) is 9.81. The lowest BCUT2D eigenvalue weighted by atomic mass is 10.2. The number of anilines is 2. The molecular weight excluding hydrogens is 398 g/mol. The van der Waals surface area contributed by atoms with Gasteiger partial charge in [0.1, 0.15) is 5.56 Å². The number of thiocarbonyl (C=S) groups is 1. The molecular formula is C22H19N5O2S. The van der Waals surface area contributed by atoms with Gasteiger partial charge >= 0.3 is 5.97 Å². The lowest BCUT2D eigenvalue weighted by molar-refractivity contribution is 0.0527. The van der Waals surface area contributed by atoms with Crippen molar-refractivity contribution in [3.63, 3.8) is 0 Å². The molecule has 0 amide bonds. The van der Waals surface area contributed by atoms with Gasteiger partial charge in [-0.3, -0.25) is 0 Å². The molecule has 0 radical (unpaired) electrons. The summed E-state index contributed by atoms with van der Waals surface area (Å²) in [4.78, 5) is 17.1. The van der Waals surface area contributed by atoms with Crippen LogP contribution < -0.4 is 10.6 Å². The predicted octanol–water partition coefficient (Wildman–Crippen LogP) is 4.41. The summed E-state index contributed by atoms with van der Waals surface area (Å²) in [5.41, 5.74) is 1.91. The number of nitrogens with zero attached hydrogens (tertiary/aromatic N) is 3. The minimum absolute atomic E-state index is 0.254. The molecule has 2 aromatic carbocycles. The van der Waals surface area contributed by atoms with E-state index in [1.54, 1.807) is 6.92 Å². The van der Waals surface area contributed by atoms with E-state index in [4.69, 9.17) is 17.0 Å². The number of nitrogens with one attached hydrogen (secondary N) is 2. The molecule has 150 valence electrons. The summed E-state index contributed by atoms with van der Waals surface area (Å²) in [7, 11) is 0. The van der Waals surface area contributed by atoms with Crippen LogP contribution in [0.1, 0.15) is 17.3 Å². The van der Waals surface area contributed by atoms with Crippen molar-refractivity contribution in [3.8, 4) is 5.82 Å². The van der Waals surface area contributed by atoms with E-state index < -0.39 is 5.97 Å². The monoisotopic (exact) mass is 417 g/mol. The van der Waals surface area contributed by atoms with Crippen molar-refractivity contribution in [3.05, 3.63) is 78.5 Å². The van der Waals surface area contributed by atoms with Gasteiger partial charge < -0.3 is 15.4 Å². The number of fused-ring (bicyclic) bond motifs is 1. The van der Waals surface area contributed by atoms with Crippen molar-refractivity contribution in [2.24, 2.45) is 0 Å². The summed E-state index contributed by atoms with van der Waals surface area (Å²) in [5.74, 6) is 0.438. The van der Waals surface area contributed by atoms with Gasteiger partial charge in [0.25, 0.3) is 0 Å². The van der Waals surface area contributed by atoms with Crippen LogP contribution in [-0.4, -0.2) is 32.5 Å². The summed E-state index contributed by atoms with van der Waals surface area (Å²) in [6, 6.07) is 21.1. The number of ether oxygens (including phenoxy) is 1. The molecule has 2 aromatic heterocycles. The minimum Gasteiger partial charge on any atom is -0.462 e. The molecule has 8 heteroatoms. The summed E-state index contributed by atoms with van der Waals surface area (Å²) >= 11 is 5.45. The van der Waals surface area contributed by atoms with Crippen LogP contribution in [0.2, 0.25) is 0 Å². The highest BCUT2D eigenvalue weighted by Gasteiger charge is 2.21. The maximum absolute atomic E-state index is 12.5. The van der Waals surface area contributed by atoms with Gasteiger partial charge in [-0.2, -0.15) is 9.78 Å². The van der Waals surface area contributed by atoms with Crippen LogP contribution in [0.15, 0.2) is 72.9 Å². The first-order valence-electron chi connectivity index (χ1n) is 9.40. The minimum atomic E-state index is -0.491. The van der Waals surface area contributed by atoms with Crippen LogP contribution in [0, 0.1) is 0 Å². The van der Waals surface area contributed by atoms with E-state index in [0.717, 1.165) is 16.6 Å². The SMILES string of the molecule is CCOC(=O)c1cnn(-c2ccc3ccccc3n2)c1NC(=S)Nc1ccccc1. The Morgan fingerprint density at radius 1 is 1.03 bits per heavy atom. The molecule has 4 rings (SSSR count). The van der Waals surface area contributed by atoms with Crippen molar-refractivity contribution < 1.29 is 9.53 Å². The fourth-order valence-electron chi connectivity index (χ4n) is 2.97. The Morgan fingerprint density at radius 2 is 1.80 bits per heavy atom. The zero-order valence-corrected chi connectivity index (χ0v) is 17.0. The molecule has 4 aromatic rings. The number of pyridine rings is 1. The number of esters is 1. The van der Waals surface area contributed by atoms with Crippen LogP contribution in [0.3, 0.4) is 0 Å². The van der Waals surface area contributed by atoms with Gasteiger partial charge in [0, 0.05) is 11.1 Å². The molecule has 0 aliphatic carbocycles. The number of hydrogen-bond donors (Lipinski definition) is 2. The first-order chi connectivity index (χ1) is 14.7. The highest BCUT2D eigenvalue weighted by atomic mass is 32.1. The Morgan fingerprint density at radius 3 is 2.60 bits per heavy atom. The van der Waals surface area contributed by atoms with E-state index in [1.807, 2.05) is 66.7 Å². The lowest BCUT2D eigenvalue weighted by Crippen LogP contribution is -2.23. The number of hydrogen-bond acceptors (Lipinski definition) is 5. The van der Waals surface area contributed by atoms with Gasteiger partial charge in [-0.15, -0.1) is 0 Å². The number of para-hydroxylation sites is 2. The quantitative estimate of drug-likeness (QED) is 0.368. The average Bonchev–Trinajstić information content (AvgIpc) is 3.17. The lowest BCUT2D eigenvalue weighted by Gasteiger charge is -2.14. The van der Waals surface area contributed by atoms with Crippen molar-refractivity contribution >= 4 is 45.7 Å². The molecule has 2 heterocycles. The molecule has 0 saturated carbocycles. The fourth-order valence-corrected chi connectivity index (χ4v) is 3.18. The molecule has 0 unspecified atom stereocenters. The highest BCUT2D eigenvalue weighted by Crippen LogP contribution is 2.23. The second-order valence-electron chi connectivity index (χ2n) is 6.35. The van der Waals surface area contributed by atoms with E-state index in [2.05, 4.69) is 20.7 Å².